The third-order valence-electron chi connectivity index (χ3n) is 1.95. The molecule has 0 saturated heterocycles. The third-order valence-corrected chi connectivity index (χ3v) is 1.95. The molecule has 0 rings (SSSR count). The molecule has 0 aliphatic carbocycles. The van der Waals surface area contributed by atoms with Gasteiger partial charge in [-0.25, -0.2) is 0 Å². The first-order valence-corrected chi connectivity index (χ1v) is 5.95. The topological polar surface area (TPSA) is 59.6 Å². The van der Waals surface area contributed by atoms with Crippen molar-refractivity contribution in [3.63, 3.8) is 0 Å². The molecule has 5 heteroatoms. The summed E-state index contributed by atoms with van der Waals surface area (Å²) in [5.74, 6) is 0.0188. The van der Waals surface area contributed by atoms with E-state index < -0.39 is 0 Å². The van der Waals surface area contributed by atoms with Crippen molar-refractivity contribution in [1.82, 2.24) is 10.6 Å². The Morgan fingerprint density at radius 1 is 1.19 bits per heavy atom. The molecule has 1 amide bonds. The zero-order chi connectivity index (χ0) is 12.2. The Hall–Kier alpha value is -0.650. The van der Waals surface area contributed by atoms with E-state index in [0.717, 1.165) is 6.54 Å². The van der Waals surface area contributed by atoms with Gasteiger partial charge in [0.05, 0.1) is 6.54 Å². The molecule has 0 aliphatic rings. The SMILES string of the molecule is CCNCCC(=O)NCC(OCC)OCC. The number of carbonyl (C=O) groups excluding carboxylic acids is 1. The minimum Gasteiger partial charge on any atom is -0.351 e. The van der Waals surface area contributed by atoms with Crippen LogP contribution in [0.2, 0.25) is 0 Å². The van der Waals surface area contributed by atoms with E-state index in [0.29, 0.717) is 32.7 Å². The highest BCUT2D eigenvalue weighted by atomic mass is 16.7. The number of ether oxygens (including phenoxy) is 2. The summed E-state index contributed by atoms with van der Waals surface area (Å²) >= 11 is 0. The van der Waals surface area contributed by atoms with Crippen LogP contribution in [0.15, 0.2) is 0 Å². The lowest BCUT2D eigenvalue weighted by molar-refractivity contribution is -0.140. The third kappa shape index (κ3) is 8.64. The quantitative estimate of drug-likeness (QED) is 0.425. The van der Waals surface area contributed by atoms with Gasteiger partial charge in [0.1, 0.15) is 0 Å². The largest absolute Gasteiger partial charge is 0.351 e. The molecule has 5 nitrogen and oxygen atoms in total. The van der Waals surface area contributed by atoms with Crippen molar-refractivity contribution in [1.29, 1.82) is 0 Å². The van der Waals surface area contributed by atoms with Crippen molar-refractivity contribution in [2.75, 3.05) is 32.8 Å². The number of amides is 1. The highest BCUT2D eigenvalue weighted by molar-refractivity contribution is 5.76. The summed E-state index contributed by atoms with van der Waals surface area (Å²) in [5, 5.41) is 5.88. The number of rotatable bonds is 10. The van der Waals surface area contributed by atoms with Crippen molar-refractivity contribution in [3.05, 3.63) is 0 Å². The van der Waals surface area contributed by atoms with E-state index >= 15 is 0 Å². The summed E-state index contributed by atoms with van der Waals surface area (Å²) in [6.45, 7) is 8.97. The number of hydrogen-bond acceptors (Lipinski definition) is 4. The van der Waals surface area contributed by atoms with Gasteiger partial charge >= 0.3 is 0 Å². The average molecular weight is 232 g/mol. The number of carbonyl (C=O) groups is 1. The standard InChI is InChI=1S/C11H24N2O3/c1-4-12-8-7-10(14)13-9-11(15-5-2)16-6-3/h11-12H,4-9H2,1-3H3,(H,13,14). The maximum atomic E-state index is 11.4. The number of nitrogens with one attached hydrogen (secondary N) is 2. The van der Waals surface area contributed by atoms with Crippen LogP contribution in [0.4, 0.5) is 0 Å². The lowest BCUT2D eigenvalue weighted by Crippen LogP contribution is -2.36. The second-order valence-corrected chi connectivity index (χ2v) is 3.25. The lowest BCUT2D eigenvalue weighted by atomic mass is 10.4. The normalized spacial score (nSPS) is 10.8. The molecule has 0 aromatic carbocycles. The predicted molar refractivity (Wildman–Crippen MR) is 63.2 cm³/mol. The molecule has 16 heavy (non-hydrogen) atoms. The van der Waals surface area contributed by atoms with Gasteiger partial charge in [-0.15, -0.1) is 0 Å². The van der Waals surface area contributed by atoms with Crippen LogP contribution in [0.5, 0.6) is 0 Å². The summed E-state index contributed by atoms with van der Waals surface area (Å²) < 4.78 is 10.6. The van der Waals surface area contributed by atoms with E-state index in [1.165, 1.54) is 0 Å². The van der Waals surface area contributed by atoms with Gasteiger partial charge in [-0.2, -0.15) is 0 Å². The Kier molecular flexibility index (Phi) is 10.4. The van der Waals surface area contributed by atoms with Crippen molar-refractivity contribution >= 4 is 5.91 Å². The lowest BCUT2D eigenvalue weighted by Gasteiger charge is -2.17. The van der Waals surface area contributed by atoms with Crippen LogP contribution in [-0.4, -0.2) is 45.0 Å². The van der Waals surface area contributed by atoms with Gasteiger partial charge in [0.15, 0.2) is 6.29 Å². The van der Waals surface area contributed by atoms with E-state index in [1.54, 1.807) is 0 Å². The molecule has 0 aliphatic heterocycles. The van der Waals surface area contributed by atoms with Crippen LogP contribution in [0, 0.1) is 0 Å². The molecular weight excluding hydrogens is 208 g/mol. The molecule has 2 N–H and O–H groups in total. The van der Waals surface area contributed by atoms with E-state index in [1.807, 2.05) is 20.8 Å². The second-order valence-electron chi connectivity index (χ2n) is 3.25. The molecule has 0 bridgehead atoms. The monoisotopic (exact) mass is 232 g/mol. The van der Waals surface area contributed by atoms with Gasteiger partial charge < -0.3 is 20.1 Å². The minimum absolute atomic E-state index is 0.0188. The molecule has 0 saturated carbocycles. The fourth-order valence-corrected chi connectivity index (χ4v) is 1.20. The molecule has 0 atom stereocenters. The van der Waals surface area contributed by atoms with Crippen molar-refractivity contribution in [2.24, 2.45) is 0 Å². The van der Waals surface area contributed by atoms with Crippen LogP contribution in [0.25, 0.3) is 0 Å². The molecule has 0 fully saturated rings. The highest BCUT2D eigenvalue weighted by Gasteiger charge is 2.09. The van der Waals surface area contributed by atoms with Crippen LogP contribution in [-0.2, 0) is 14.3 Å². The molecule has 0 spiro atoms. The van der Waals surface area contributed by atoms with Crippen LogP contribution in [0.3, 0.4) is 0 Å². The fourth-order valence-electron chi connectivity index (χ4n) is 1.20. The van der Waals surface area contributed by atoms with Gasteiger partial charge in [0.25, 0.3) is 0 Å². The Labute approximate surface area is 97.9 Å². The molecule has 0 aromatic rings. The average Bonchev–Trinajstić information content (AvgIpc) is 2.27. The smallest absolute Gasteiger partial charge is 0.221 e. The summed E-state index contributed by atoms with van der Waals surface area (Å²) in [6.07, 6.45) is 0.150. The summed E-state index contributed by atoms with van der Waals surface area (Å²) in [5.41, 5.74) is 0. The van der Waals surface area contributed by atoms with Gasteiger partial charge in [-0.3, -0.25) is 4.79 Å². The van der Waals surface area contributed by atoms with Crippen molar-refractivity contribution in [2.45, 2.75) is 33.5 Å². The van der Waals surface area contributed by atoms with Gasteiger partial charge in [-0.1, -0.05) is 6.92 Å². The maximum Gasteiger partial charge on any atom is 0.221 e. The van der Waals surface area contributed by atoms with Crippen LogP contribution < -0.4 is 10.6 Å². The highest BCUT2D eigenvalue weighted by Crippen LogP contribution is 1.93. The number of hydrogen-bond donors (Lipinski definition) is 2. The first-order chi connectivity index (χ1) is 7.74. The summed E-state index contributed by atoms with van der Waals surface area (Å²) in [7, 11) is 0. The molecule has 96 valence electrons. The maximum absolute atomic E-state index is 11.4. The zero-order valence-corrected chi connectivity index (χ0v) is 10.5. The molecule has 0 unspecified atom stereocenters. The van der Waals surface area contributed by atoms with E-state index in [4.69, 9.17) is 9.47 Å². The van der Waals surface area contributed by atoms with Crippen molar-refractivity contribution < 1.29 is 14.3 Å². The van der Waals surface area contributed by atoms with Crippen LogP contribution in [0.1, 0.15) is 27.2 Å². The van der Waals surface area contributed by atoms with E-state index in [9.17, 15) is 4.79 Å². The Balaban J connectivity index is 3.60. The first kappa shape index (κ1) is 15.3. The molecular formula is C11H24N2O3. The van der Waals surface area contributed by atoms with Gasteiger partial charge in [0.2, 0.25) is 5.91 Å². The predicted octanol–water partition coefficient (Wildman–Crippen LogP) is 0.501. The second kappa shape index (κ2) is 10.9. The summed E-state index contributed by atoms with van der Waals surface area (Å²) in [6, 6.07) is 0. The molecule has 0 radical (unpaired) electrons. The molecule has 0 heterocycles. The van der Waals surface area contributed by atoms with E-state index in [-0.39, 0.29) is 12.2 Å². The Morgan fingerprint density at radius 3 is 2.31 bits per heavy atom. The van der Waals surface area contributed by atoms with E-state index in [2.05, 4.69) is 10.6 Å². The van der Waals surface area contributed by atoms with Gasteiger partial charge in [-0.05, 0) is 20.4 Å². The fraction of sp³-hybridized carbons (Fsp3) is 0.909. The first-order valence-electron chi connectivity index (χ1n) is 5.95. The van der Waals surface area contributed by atoms with Crippen molar-refractivity contribution in [3.8, 4) is 0 Å². The Bertz CT molecular complexity index is 171. The Morgan fingerprint density at radius 2 is 1.81 bits per heavy atom. The molecule has 0 aromatic heterocycles. The minimum atomic E-state index is -0.335. The zero-order valence-electron chi connectivity index (χ0n) is 10.5. The summed E-state index contributed by atoms with van der Waals surface area (Å²) in [4.78, 5) is 11.4. The van der Waals surface area contributed by atoms with Crippen LogP contribution >= 0.6 is 0 Å². The van der Waals surface area contributed by atoms with Gasteiger partial charge in [0, 0.05) is 26.2 Å².